The number of nitrogens with one attached hydrogen (secondary N) is 3. The number of carbonyl (C=O) groups excluding carboxylic acids is 1. The van der Waals surface area contributed by atoms with Crippen LogP contribution in [0.4, 0.5) is 11.4 Å². The van der Waals surface area contributed by atoms with Crippen LogP contribution in [0, 0.1) is 0 Å². The summed E-state index contributed by atoms with van der Waals surface area (Å²) in [7, 11) is 3.77. The summed E-state index contributed by atoms with van der Waals surface area (Å²) in [6, 6.07) is 10.6. The van der Waals surface area contributed by atoms with Crippen molar-refractivity contribution in [3.05, 3.63) is 48.3 Å². The number of hydrogen-bond acceptors (Lipinski definition) is 8. The lowest BCUT2D eigenvalue weighted by Crippen LogP contribution is -2.60. The molecule has 0 aliphatic carbocycles. The topological polar surface area (TPSA) is 85.0 Å². The van der Waals surface area contributed by atoms with E-state index in [0.717, 1.165) is 26.2 Å². The fourth-order valence-corrected chi connectivity index (χ4v) is 4.62. The van der Waals surface area contributed by atoms with Gasteiger partial charge in [-0.05, 0) is 24.7 Å². The third kappa shape index (κ3) is 3.85. The minimum absolute atomic E-state index is 0.00808. The lowest BCUT2D eigenvalue weighted by Gasteiger charge is -2.37. The van der Waals surface area contributed by atoms with Gasteiger partial charge in [0.2, 0.25) is 5.91 Å². The number of fused-ring (bicyclic) bond motifs is 1. The highest BCUT2D eigenvalue weighted by atomic mass is 16.5. The van der Waals surface area contributed by atoms with Gasteiger partial charge in [0.25, 0.3) is 0 Å². The summed E-state index contributed by atoms with van der Waals surface area (Å²) in [6.07, 6.45) is 3.70. The van der Waals surface area contributed by atoms with Gasteiger partial charge in [-0.3, -0.25) is 15.2 Å². The third-order valence-corrected chi connectivity index (χ3v) is 6.48. The van der Waals surface area contributed by atoms with Gasteiger partial charge in [-0.2, -0.15) is 0 Å². The van der Waals surface area contributed by atoms with E-state index in [-0.39, 0.29) is 24.0 Å². The van der Waals surface area contributed by atoms with Gasteiger partial charge >= 0.3 is 0 Å². The van der Waals surface area contributed by atoms with Crippen molar-refractivity contribution in [3.63, 3.8) is 0 Å². The number of aromatic nitrogens is 1. The van der Waals surface area contributed by atoms with Crippen LogP contribution < -0.4 is 30.9 Å². The van der Waals surface area contributed by atoms with Crippen molar-refractivity contribution in [1.82, 2.24) is 26.2 Å². The van der Waals surface area contributed by atoms with Gasteiger partial charge in [0.15, 0.2) is 0 Å². The molecule has 5 rings (SSSR count). The Hall–Kier alpha value is -2.72. The molecule has 4 heterocycles. The Labute approximate surface area is 182 Å². The third-order valence-electron chi connectivity index (χ3n) is 6.48. The van der Waals surface area contributed by atoms with E-state index in [4.69, 9.17) is 4.74 Å². The van der Waals surface area contributed by atoms with Crippen LogP contribution in [-0.2, 0) is 4.79 Å². The fourth-order valence-electron chi connectivity index (χ4n) is 4.62. The molecule has 0 bridgehead atoms. The van der Waals surface area contributed by atoms with Crippen LogP contribution in [0.3, 0.4) is 0 Å². The van der Waals surface area contributed by atoms with Crippen LogP contribution in [0.25, 0.3) is 0 Å². The molecule has 3 aliphatic rings. The molecular weight excluding hydrogens is 394 g/mol. The number of hydrogen-bond donors (Lipinski definition) is 3. The Kier molecular flexibility index (Phi) is 5.49. The van der Waals surface area contributed by atoms with Gasteiger partial charge in [-0.15, -0.1) is 0 Å². The number of methoxy groups -OCH3 is 1. The van der Waals surface area contributed by atoms with Gasteiger partial charge in [-0.1, -0.05) is 12.1 Å². The Morgan fingerprint density at radius 1 is 1.06 bits per heavy atom. The summed E-state index contributed by atoms with van der Waals surface area (Å²) in [5.74, 6) is 0.592. The molecule has 9 heteroatoms. The van der Waals surface area contributed by atoms with Crippen LogP contribution in [-0.4, -0.2) is 68.2 Å². The molecule has 3 saturated heterocycles. The summed E-state index contributed by atoms with van der Waals surface area (Å²) < 4.78 is 5.43. The first-order valence-electron chi connectivity index (χ1n) is 10.8. The molecule has 1 amide bonds. The molecule has 3 N–H and O–H groups in total. The predicted molar refractivity (Wildman–Crippen MR) is 119 cm³/mol. The van der Waals surface area contributed by atoms with Crippen molar-refractivity contribution in [2.24, 2.45) is 0 Å². The van der Waals surface area contributed by atoms with Crippen molar-refractivity contribution in [2.45, 2.75) is 24.5 Å². The smallest absolute Gasteiger partial charge is 0.243 e. The van der Waals surface area contributed by atoms with Crippen LogP contribution in [0.15, 0.2) is 42.7 Å². The minimum atomic E-state index is -0.0204. The molecule has 9 nitrogen and oxygen atoms in total. The molecule has 2 aromatic rings. The van der Waals surface area contributed by atoms with Crippen LogP contribution in [0.2, 0.25) is 0 Å². The van der Waals surface area contributed by atoms with Crippen LogP contribution >= 0.6 is 0 Å². The zero-order chi connectivity index (χ0) is 21.4. The van der Waals surface area contributed by atoms with Gasteiger partial charge in [-0.25, -0.2) is 15.9 Å². The van der Waals surface area contributed by atoms with E-state index in [2.05, 4.69) is 62.4 Å². The number of amides is 1. The minimum Gasteiger partial charge on any atom is -0.494 e. The highest BCUT2D eigenvalue weighted by Gasteiger charge is 2.44. The fraction of sp³-hybridized carbons (Fsp3) is 0.455. The molecule has 164 valence electrons. The zero-order valence-corrected chi connectivity index (χ0v) is 17.9. The second kappa shape index (κ2) is 8.43. The monoisotopic (exact) mass is 423 g/mol. The number of pyridine rings is 1. The summed E-state index contributed by atoms with van der Waals surface area (Å²) in [6.45, 7) is 4.28. The highest BCUT2D eigenvalue weighted by Crippen LogP contribution is 2.33. The maximum absolute atomic E-state index is 12.8. The highest BCUT2D eigenvalue weighted by molar-refractivity contribution is 5.95. The quantitative estimate of drug-likeness (QED) is 0.662. The van der Waals surface area contributed by atoms with E-state index in [1.165, 1.54) is 11.3 Å². The van der Waals surface area contributed by atoms with Crippen molar-refractivity contribution >= 4 is 17.3 Å². The van der Waals surface area contributed by atoms with Crippen LogP contribution in [0.1, 0.15) is 18.0 Å². The Morgan fingerprint density at radius 2 is 1.84 bits per heavy atom. The molecule has 1 aromatic carbocycles. The number of likely N-dealkylation sites (N-methyl/N-ethyl adjacent to an activating group) is 1. The Morgan fingerprint density at radius 3 is 2.58 bits per heavy atom. The summed E-state index contributed by atoms with van der Waals surface area (Å²) in [4.78, 5) is 21.8. The molecule has 31 heavy (non-hydrogen) atoms. The van der Waals surface area contributed by atoms with Gasteiger partial charge < -0.3 is 14.5 Å². The molecule has 3 unspecified atom stereocenters. The standard InChI is InChI=1S/C22H29N7O2/c1-27-9-11-28(12-10-27)16-5-3-15(4-6-16)21-22-17(24-25-21)13-20(30)29(26-22)18-14-23-8-7-19(18)31-2/h3-8,14,17,21-22,24-26H,9-13H2,1-2H3. The molecular formula is C22H29N7O2. The summed E-state index contributed by atoms with van der Waals surface area (Å²) >= 11 is 0. The van der Waals surface area contributed by atoms with Gasteiger partial charge in [0.1, 0.15) is 11.4 Å². The normalized spacial score (nSPS) is 26.8. The van der Waals surface area contributed by atoms with Crippen molar-refractivity contribution in [2.75, 3.05) is 50.2 Å². The first-order valence-corrected chi connectivity index (χ1v) is 10.8. The number of nitrogens with zero attached hydrogens (tertiary/aromatic N) is 4. The Balaban J connectivity index is 1.34. The number of ether oxygens (including phenoxy) is 1. The van der Waals surface area contributed by atoms with Crippen molar-refractivity contribution < 1.29 is 9.53 Å². The largest absolute Gasteiger partial charge is 0.494 e. The second-order valence-corrected chi connectivity index (χ2v) is 8.39. The first-order chi connectivity index (χ1) is 15.1. The van der Waals surface area contributed by atoms with E-state index in [9.17, 15) is 4.79 Å². The number of anilines is 2. The number of piperazine rings is 1. The van der Waals surface area contributed by atoms with E-state index in [1.807, 2.05) is 0 Å². The van der Waals surface area contributed by atoms with Gasteiger partial charge in [0, 0.05) is 56.6 Å². The summed E-state index contributed by atoms with van der Waals surface area (Å²) in [5.41, 5.74) is 13.2. The molecule has 0 saturated carbocycles. The average molecular weight is 424 g/mol. The van der Waals surface area contributed by atoms with E-state index in [0.29, 0.717) is 17.9 Å². The lowest BCUT2D eigenvalue weighted by atomic mass is 9.93. The molecule has 3 fully saturated rings. The number of rotatable bonds is 4. The SMILES string of the molecule is COc1ccncc1N1NC2C(CC1=O)NNC2c1ccc(N2CCN(C)CC2)cc1. The van der Waals surface area contributed by atoms with E-state index < -0.39 is 0 Å². The van der Waals surface area contributed by atoms with E-state index in [1.54, 1.807) is 30.6 Å². The maximum Gasteiger partial charge on any atom is 0.243 e. The number of carbonyl (C=O) groups is 1. The molecule has 1 aromatic heterocycles. The first kappa shape index (κ1) is 20.2. The van der Waals surface area contributed by atoms with Crippen molar-refractivity contribution in [3.8, 4) is 5.75 Å². The Bertz CT molecular complexity index is 930. The number of hydrazine groups is 2. The average Bonchev–Trinajstić information content (AvgIpc) is 3.21. The predicted octanol–water partition coefficient (Wildman–Crippen LogP) is 0.670. The summed E-state index contributed by atoms with van der Waals surface area (Å²) in [5, 5.41) is 1.58. The molecule has 3 aliphatic heterocycles. The maximum atomic E-state index is 12.8. The van der Waals surface area contributed by atoms with Crippen LogP contribution in [0.5, 0.6) is 5.75 Å². The lowest BCUT2D eigenvalue weighted by molar-refractivity contribution is -0.121. The van der Waals surface area contributed by atoms with E-state index >= 15 is 0 Å². The molecule has 0 radical (unpaired) electrons. The van der Waals surface area contributed by atoms with Gasteiger partial charge in [0.05, 0.1) is 25.4 Å². The molecule has 3 atom stereocenters. The molecule has 0 spiro atoms. The second-order valence-electron chi connectivity index (χ2n) is 8.39. The zero-order valence-electron chi connectivity index (χ0n) is 17.9. The number of benzene rings is 1. The van der Waals surface area contributed by atoms with Crippen molar-refractivity contribution in [1.29, 1.82) is 0 Å².